The van der Waals surface area contributed by atoms with Gasteiger partial charge in [0.15, 0.2) is 0 Å². The molecule has 2 heteroatoms. The summed E-state index contributed by atoms with van der Waals surface area (Å²) in [4.78, 5) is 4.24. The SMILES string of the molecule is C[Si]1(C)C(c2cccnc2)=Cc2ccccc21. The zero-order chi connectivity index (χ0) is 11.9. The molecule has 2 heterocycles. The van der Waals surface area contributed by atoms with E-state index in [4.69, 9.17) is 0 Å². The van der Waals surface area contributed by atoms with Crippen molar-refractivity contribution in [3.8, 4) is 0 Å². The second kappa shape index (κ2) is 3.67. The molecule has 0 bridgehead atoms. The summed E-state index contributed by atoms with van der Waals surface area (Å²) < 4.78 is 0. The molecule has 1 aromatic carbocycles. The number of fused-ring (bicyclic) bond motifs is 1. The first kappa shape index (κ1) is 10.5. The Morgan fingerprint density at radius 1 is 1.00 bits per heavy atom. The van der Waals surface area contributed by atoms with Crippen LogP contribution in [0, 0.1) is 0 Å². The van der Waals surface area contributed by atoms with E-state index in [0.717, 1.165) is 0 Å². The van der Waals surface area contributed by atoms with Gasteiger partial charge in [0.25, 0.3) is 0 Å². The van der Waals surface area contributed by atoms with Crippen LogP contribution in [0.25, 0.3) is 11.3 Å². The monoisotopic (exact) mass is 237 g/mol. The van der Waals surface area contributed by atoms with E-state index in [1.165, 1.54) is 16.3 Å². The molecule has 0 amide bonds. The van der Waals surface area contributed by atoms with Crippen LogP contribution in [0.1, 0.15) is 11.1 Å². The normalized spacial score (nSPS) is 16.5. The van der Waals surface area contributed by atoms with Crippen molar-refractivity contribution in [1.82, 2.24) is 4.98 Å². The Morgan fingerprint density at radius 3 is 2.53 bits per heavy atom. The molecule has 1 aliphatic rings. The molecule has 1 nitrogen and oxygen atoms in total. The molecule has 17 heavy (non-hydrogen) atoms. The Kier molecular flexibility index (Phi) is 2.26. The fourth-order valence-corrected chi connectivity index (χ4v) is 5.71. The molecule has 1 aliphatic heterocycles. The number of rotatable bonds is 1. The molecular formula is C15H15NSi. The third-order valence-corrected chi connectivity index (χ3v) is 7.16. The molecule has 0 fully saturated rings. The molecule has 0 radical (unpaired) electrons. The second-order valence-electron chi connectivity index (χ2n) is 5.01. The van der Waals surface area contributed by atoms with E-state index in [2.05, 4.69) is 54.5 Å². The topological polar surface area (TPSA) is 12.9 Å². The van der Waals surface area contributed by atoms with Crippen LogP contribution >= 0.6 is 0 Å². The molecule has 0 atom stereocenters. The predicted molar refractivity (Wildman–Crippen MR) is 75.7 cm³/mol. The molecule has 0 saturated heterocycles. The Morgan fingerprint density at radius 2 is 1.82 bits per heavy atom. The minimum absolute atomic E-state index is 1.28. The van der Waals surface area contributed by atoms with E-state index in [9.17, 15) is 0 Å². The van der Waals surface area contributed by atoms with Gasteiger partial charge in [-0.1, -0.05) is 49.5 Å². The number of nitrogens with zero attached hydrogens (tertiary/aromatic N) is 1. The summed E-state index contributed by atoms with van der Waals surface area (Å²) in [5.41, 5.74) is 2.67. The van der Waals surface area contributed by atoms with Crippen LogP contribution in [0.4, 0.5) is 0 Å². The third-order valence-electron chi connectivity index (χ3n) is 3.58. The Bertz CT molecular complexity index is 585. The lowest BCUT2D eigenvalue weighted by Gasteiger charge is -2.22. The molecule has 3 rings (SSSR count). The number of aromatic nitrogens is 1. The van der Waals surface area contributed by atoms with Gasteiger partial charge in [-0.05, 0) is 27.6 Å². The zero-order valence-corrected chi connectivity index (χ0v) is 11.1. The first-order chi connectivity index (χ1) is 8.19. The van der Waals surface area contributed by atoms with Gasteiger partial charge in [0.2, 0.25) is 0 Å². The summed E-state index contributed by atoms with van der Waals surface area (Å²) in [5, 5.41) is 3.03. The van der Waals surface area contributed by atoms with Gasteiger partial charge in [-0.3, -0.25) is 4.98 Å². The van der Waals surface area contributed by atoms with Gasteiger partial charge in [0.1, 0.15) is 8.07 Å². The highest BCUT2D eigenvalue weighted by molar-refractivity contribution is 7.07. The quantitative estimate of drug-likeness (QED) is 0.695. The lowest BCUT2D eigenvalue weighted by molar-refractivity contribution is 1.31. The summed E-state index contributed by atoms with van der Waals surface area (Å²) in [7, 11) is -1.51. The van der Waals surface area contributed by atoms with Gasteiger partial charge in [-0.2, -0.15) is 0 Å². The minimum Gasteiger partial charge on any atom is -0.264 e. The fourth-order valence-electron chi connectivity index (χ4n) is 2.64. The van der Waals surface area contributed by atoms with E-state index in [1.807, 2.05) is 18.5 Å². The van der Waals surface area contributed by atoms with Crippen LogP contribution in [0.5, 0.6) is 0 Å². The average Bonchev–Trinajstić information content (AvgIpc) is 2.63. The van der Waals surface area contributed by atoms with Crippen LogP contribution in [-0.4, -0.2) is 13.1 Å². The molecule has 84 valence electrons. The number of hydrogen-bond donors (Lipinski definition) is 0. The largest absolute Gasteiger partial charge is 0.264 e. The van der Waals surface area contributed by atoms with Crippen molar-refractivity contribution in [3.63, 3.8) is 0 Å². The third kappa shape index (κ3) is 1.56. The summed E-state index contributed by atoms with van der Waals surface area (Å²) in [5.74, 6) is 0. The first-order valence-electron chi connectivity index (χ1n) is 5.92. The van der Waals surface area contributed by atoms with Crippen LogP contribution in [0.15, 0.2) is 48.8 Å². The maximum atomic E-state index is 4.24. The Hall–Kier alpha value is -1.67. The number of hydrogen-bond acceptors (Lipinski definition) is 1. The van der Waals surface area contributed by atoms with Crippen molar-refractivity contribution >= 4 is 24.5 Å². The minimum atomic E-state index is -1.51. The lowest BCUT2D eigenvalue weighted by Crippen LogP contribution is -2.40. The molecule has 0 unspecified atom stereocenters. The van der Waals surface area contributed by atoms with Gasteiger partial charge in [-0.15, -0.1) is 0 Å². The second-order valence-corrected chi connectivity index (χ2v) is 9.34. The molecule has 1 aromatic heterocycles. The van der Waals surface area contributed by atoms with Crippen molar-refractivity contribution in [2.45, 2.75) is 13.1 Å². The number of pyridine rings is 1. The van der Waals surface area contributed by atoms with E-state index >= 15 is 0 Å². The van der Waals surface area contributed by atoms with E-state index in [1.54, 1.807) is 5.19 Å². The van der Waals surface area contributed by atoms with Gasteiger partial charge in [0.05, 0.1) is 0 Å². The fraction of sp³-hybridized carbons (Fsp3) is 0.133. The van der Waals surface area contributed by atoms with Gasteiger partial charge >= 0.3 is 0 Å². The van der Waals surface area contributed by atoms with E-state index in [-0.39, 0.29) is 0 Å². The van der Waals surface area contributed by atoms with Crippen molar-refractivity contribution in [2.75, 3.05) is 0 Å². The predicted octanol–water partition coefficient (Wildman–Crippen LogP) is 3.09. The standard InChI is InChI=1S/C15H15NSi/c1-17(2)14-8-4-3-6-12(14)10-15(17)13-7-5-9-16-11-13/h3-11H,1-2H3. The highest BCUT2D eigenvalue weighted by Crippen LogP contribution is 2.33. The smallest absolute Gasteiger partial charge is 0.113 e. The van der Waals surface area contributed by atoms with Crippen molar-refractivity contribution in [3.05, 3.63) is 59.9 Å². The summed E-state index contributed by atoms with van der Waals surface area (Å²) in [6, 6.07) is 12.9. The average molecular weight is 237 g/mol. The van der Waals surface area contributed by atoms with Crippen LogP contribution in [0.2, 0.25) is 13.1 Å². The summed E-state index contributed by atoms with van der Waals surface area (Å²) >= 11 is 0. The van der Waals surface area contributed by atoms with Crippen molar-refractivity contribution in [2.24, 2.45) is 0 Å². The molecular weight excluding hydrogens is 222 g/mol. The van der Waals surface area contributed by atoms with Crippen molar-refractivity contribution < 1.29 is 0 Å². The molecule has 0 saturated carbocycles. The lowest BCUT2D eigenvalue weighted by atomic mass is 10.2. The van der Waals surface area contributed by atoms with Gasteiger partial charge in [0, 0.05) is 12.4 Å². The highest BCUT2D eigenvalue weighted by Gasteiger charge is 2.35. The summed E-state index contributed by atoms with van der Waals surface area (Å²) in [6.07, 6.45) is 6.16. The number of benzene rings is 1. The maximum absolute atomic E-state index is 4.24. The molecule has 0 aliphatic carbocycles. The maximum Gasteiger partial charge on any atom is 0.113 e. The van der Waals surface area contributed by atoms with E-state index < -0.39 is 8.07 Å². The van der Waals surface area contributed by atoms with Crippen LogP contribution in [-0.2, 0) is 0 Å². The van der Waals surface area contributed by atoms with Crippen LogP contribution in [0.3, 0.4) is 0 Å². The Labute approximate surface area is 103 Å². The summed E-state index contributed by atoms with van der Waals surface area (Å²) in [6.45, 7) is 4.83. The molecule has 2 aromatic rings. The zero-order valence-electron chi connectivity index (χ0n) is 10.1. The Balaban J connectivity index is 2.17. The van der Waals surface area contributed by atoms with E-state index in [0.29, 0.717) is 0 Å². The highest BCUT2D eigenvalue weighted by atomic mass is 28.3. The van der Waals surface area contributed by atoms with Gasteiger partial charge < -0.3 is 0 Å². The first-order valence-corrected chi connectivity index (χ1v) is 8.92. The van der Waals surface area contributed by atoms with Crippen LogP contribution < -0.4 is 5.19 Å². The van der Waals surface area contributed by atoms with Crippen molar-refractivity contribution in [1.29, 1.82) is 0 Å². The molecule has 0 N–H and O–H groups in total. The molecule has 0 spiro atoms. The van der Waals surface area contributed by atoms with Gasteiger partial charge in [-0.25, -0.2) is 0 Å².